The van der Waals surface area contributed by atoms with E-state index >= 15 is 0 Å². The Labute approximate surface area is 94.3 Å². The van der Waals surface area contributed by atoms with Gasteiger partial charge in [0.05, 0.1) is 32.0 Å². The minimum absolute atomic E-state index is 0.0494. The van der Waals surface area contributed by atoms with E-state index in [1.807, 2.05) is 0 Å². The number of rotatable bonds is 6. The van der Waals surface area contributed by atoms with Crippen molar-refractivity contribution < 1.29 is 24.4 Å². The van der Waals surface area contributed by atoms with Crippen molar-refractivity contribution in [2.24, 2.45) is 11.7 Å². The first kappa shape index (κ1) is 12.2. The molecule has 6 nitrogen and oxygen atoms in total. The average molecular weight is 233 g/mol. The fraction of sp³-hybridized carbons (Fsp3) is 1.00. The molecule has 1 heterocycles. The van der Waals surface area contributed by atoms with E-state index < -0.39 is 18.5 Å². The second kappa shape index (κ2) is 5.39. The summed E-state index contributed by atoms with van der Waals surface area (Å²) >= 11 is 0. The first-order valence-corrected chi connectivity index (χ1v) is 5.65. The van der Waals surface area contributed by atoms with Gasteiger partial charge < -0.3 is 30.2 Å². The highest BCUT2D eigenvalue weighted by Gasteiger charge is 2.54. The summed E-state index contributed by atoms with van der Waals surface area (Å²) < 4.78 is 15.9. The molecular formula is C10H19NO5. The lowest BCUT2D eigenvalue weighted by atomic mass is 10.1. The molecule has 0 aromatic carbocycles. The third-order valence-electron chi connectivity index (χ3n) is 2.93. The van der Waals surface area contributed by atoms with Crippen LogP contribution in [0, 0.1) is 5.92 Å². The van der Waals surface area contributed by atoms with Gasteiger partial charge in [-0.3, -0.25) is 0 Å². The van der Waals surface area contributed by atoms with Crippen molar-refractivity contribution in [3.8, 4) is 0 Å². The van der Waals surface area contributed by atoms with Crippen LogP contribution in [-0.4, -0.2) is 61.2 Å². The van der Waals surface area contributed by atoms with E-state index in [9.17, 15) is 10.2 Å². The molecule has 6 heteroatoms. The summed E-state index contributed by atoms with van der Waals surface area (Å²) in [5.41, 5.74) is 5.25. The van der Waals surface area contributed by atoms with E-state index in [1.165, 1.54) is 0 Å². The molecule has 16 heavy (non-hydrogen) atoms. The normalized spacial score (nSPS) is 41.8. The summed E-state index contributed by atoms with van der Waals surface area (Å²) in [5, 5.41) is 19.3. The summed E-state index contributed by atoms with van der Waals surface area (Å²) in [6, 6.07) is 0. The third kappa shape index (κ3) is 2.71. The standard InChI is InChI=1S/C10H19NO5/c11-1-2-14-3-4-15-10-9(13)8(12)6-5-7(6)16-10/h6-10,12-13H,1-5,11H2. The van der Waals surface area contributed by atoms with Crippen molar-refractivity contribution in [2.75, 3.05) is 26.4 Å². The van der Waals surface area contributed by atoms with Gasteiger partial charge in [0.2, 0.25) is 0 Å². The molecule has 1 saturated heterocycles. The number of ether oxygens (including phenoxy) is 3. The average Bonchev–Trinajstić information content (AvgIpc) is 3.04. The summed E-state index contributed by atoms with van der Waals surface area (Å²) in [7, 11) is 0. The molecule has 0 aromatic heterocycles. The first-order valence-electron chi connectivity index (χ1n) is 5.65. The van der Waals surface area contributed by atoms with Crippen molar-refractivity contribution >= 4 is 0 Å². The van der Waals surface area contributed by atoms with E-state index in [0.29, 0.717) is 26.4 Å². The Morgan fingerprint density at radius 2 is 2.00 bits per heavy atom. The molecule has 0 spiro atoms. The van der Waals surface area contributed by atoms with Gasteiger partial charge in [-0.05, 0) is 6.42 Å². The number of fused-ring (bicyclic) bond motifs is 1. The van der Waals surface area contributed by atoms with Crippen LogP contribution in [0.4, 0.5) is 0 Å². The molecule has 1 aliphatic heterocycles. The maximum absolute atomic E-state index is 9.68. The van der Waals surface area contributed by atoms with Crippen LogP contribution in [-0.2, 0) is 14.2 Å². The molecule has 0 bridgehead atoms. The van der Waals surface area contributed by atoms with Crippen molar-refractivity contribution in [3.05, 3.63) is 0 Å². The highest BCUT2D eigenvalue weighted by molar-refractivity contribution is 5.00. The molecule has 94 valence electrons. The fourth-order valence-electron chi connectivity index (χ4n) is 1.92. The van der Waals surface area contributed by atoms with Crippen LogP contribution >= 0.6 is 0 Å². The van der Waals surface area contributed by atoms with Gasteiger partial charge in [-0.2, -0.15) is 0 Å². The molecule has 2 rings (SSSR count). The fourth-order valence-corrected chi connectivity index (χ4v) is 1.92. The molecule has 0 radical (unpaired) electrons. The number of nitrogens with two attached hydrogens (primary N) is 1. The highest BCUT2D eigenvalue weighted by atomic mass is 16.7. The maximum Gasteiger partial charge on any atom is 0.186 e. The lowest BCUT2D eigenvalue weighted by molar-refractivity contribution is -0.249. The van der Waals surface area contributed by atoms with Crippen molar-refractivity contribution in [1.29, 1.82) is 0 Å². The van der Waals surface area contributed by atoms with Crippen molar-refractivity contribution in [2.45, 2.75) is 31.0 Å². The molecule has 2 aliphatic rings. The van der Waals surface area contributed by atoms with Gasteiger partial charge >= 0.3 is 0 Å². The van der Waals surface area contributed by atoms with E-state index in [4.69, 9.17) is 19.9 Å². The topological polar surface area (TPSA) is 94.2 Å². The van der Waals surface area contributed by atoms with Gasteiger partial charge in [0.15, 0.2) is 6.29 Å². The van der Waals surface area contributed by atoms with E-state index in [0.717, 1.165) is 6.42 Å². The zero-order chi connectivity index (χ0) is 11.5. The largest absolute Gasteiger partial charge is 0.390 e. The second-order valence-electron chi connectivity index (χ2n) is 4.20. The molecule has 1 aliphatic carbocycles. The summed E-state index contributed by atoms with van der Waals surface area (Å²) in [6.07, 6.45) is -1.57. The van der Waals surface area contributed by atoms with Crippen LogP contribution in [0.15, 0.2) is 0 Å². The van der Waals surface area contributed by atoms with Gasteiger partial charge in [0.1, 0.15) is 6.10 Å². The van der Waals surface area contributed by atoms with Crippen LogP contribution < -0.4 is 5.73 Å². The lowest BCUT2D eigenvalue weighted by Gasteiger charge is -2.31. The van der Waals surface area contributed by atoms with Crippen molar-refractivity contribution in [1.82, 2.24) is 0 Å². The Bertz CT molecular complexity index is 227. The highest BCUT2D eigenvalue weighted by Crippen LogP contribution is 2.43. The molecule has 5 atom stereocenters. The van der Waals surface area contributed by atoms with Crippen LogP contribution in [0.25, 0.3) is 0 Å². The number of aliphatic hydroxyl groups excluding tert-OH is 2. The van der Waals surface area contributed by atoms with Gasteiger partial charge in [0, 0.05) is 12.5 Å². The Balaban J connectivity index is 1.65. The Hall–Kier alpha value is -0.240. The Morgan fingerprint density at radius 3 is 2.75 bits per heavy atom. The third-order valence-corrected chi connectivity index (χ3v) is 2.93. The van der Waals surface area contributed by atoms with E-state index in [1.54, 1.807) is 0 Å². The SMILES string of the molecule is NCCOCCOC1OC2CC2C(O)C1O. The van der Waals surface area contributed by atoms with Crippen LogP contribution in [0.2, 0.25) is 0 Å². The zero-order valence-electron chi connectivity index (χ0n) is 9.12. The molecule has 5 unspecified atom stereocenters. The molecule has 2 fully saturated rings. The Kier molecular flexibility index (Phi) is 4.12. The predicted molar refractivity (Wildman–Crippen MR) is 54.6 cm³/mol. The monoisotopic (exact) mass is 233 g/mol. The molecule has 1 saturated carbocycles. The van der Waals surface area contributed by atoms with Crippen LogP contribution in [0.3, 0.4) is 0 Å². The van der Waals surface area contributed by atoms with Crippen molar-refractivity contribution in [3.63, 3.8) is 0 Å². The number of hydrogen-bond donors (Lipinski definition) is 3. The van der Waals surface area contributed by atoms with E-state index in [-0.39, 0.29) is 12.0 Å². The van der Waals surface area contributed by atoms with Crippen LogP contribution in [0.5, 0.6) is 0 Å². The first-order chi connectivity index (χ1) is 7.74. The zero-order valence-corrected chi connectivity index (χ0v) is 9.12. The van der Waals surface area contributed by atoms with Gasteiger partial charge in [-0.15, -0.1) is 0 Å². The van der Waals surface area contributed by atoms with E-state index in [2.05, 4.69) is 0 Å². The van der Waals surface area contributed by atoms with Gasteiger partial charge in [-0.1, -0.05) is 0 Å². The second-order valence-corrected chi connectivity index (χ2v) is 4.20. The molecule has 0 aromatic rings. The molecule has 0 amide bonds. The summed E-state index contributed by atoms with van der Waals surface area (Å²) in [4.78, 5) is 0. The maximum atomic E-state index is 9.68. The minimum atomic E-state index is -0.960. The predicted octanol–water partition coefficient (Wildman–Crippen LogP) is -1.56. The summed E-state index contributed by atoms with van der Waals surface area (Å²) in [6.45, 7) is 1.70. The molecular weight excluding hydrogens is 214 g/mol. The van der Waals surface area contributed by atoms with Gasteiger partial charge in [0.25, 0.3) is 0 Å². The molecule has 4 N–H and O–H groups in total. The number of hydrogen-bond acceptors (Lipinski definition) is 6. The smallest absolute Gasteiger partial charge is 0.186 e. The lowest BCUT2D eigenvalue weighted by Crippen LogP contribution is -2.47. The van der Waals surface area contributed by atoms with Gasteiger partial charge in [-0.25, -0.2) is 0 Å². The Morgan fingerprint density at radius 1 is 1.19 bits per heavy atom. The van der Waals surface area contributed by atoms with Crippen LogP contribution in [0.1, 0.15) is 6.42 Å². The number of aliphatic hydroxyl groups is 2. The minimum Gasteiger partial charge on any atom is -0.390 e. The summed E-state index contributed by atoms with van der Waals surface area (Å²) in [5.74, 6) is 0.0864. The quantitative estimate of drug-likeness (QED) is 0.481.